The van der Waals surface area contributed by atoms with E-state index in [4.69, 9.17) is 0 Å². The predicted octanol–water partition coefficient (Wildman–Crippen LogP) is 0.740. The zero-order valence-corrected chi connectivity index (χ0v) is 14.1. The first kappa shape index (κ1) is 17.3. The average molecular weight is 331 g/mol. The summed E-state index contributed by atoms with van der Waals surface area (Å²) in [6.45, 7) is 3.36. The van der Waals surface area contributed by atoms with Gasteiger partial charge in [-0.2, -0.15) is 0 Å². The van der Waals surface area contributed by atoms with Gasteiger partial charge in [0.25, 0.3) is 5.56 Å². The van der Waals surface area contributed by atoms with Crippen LogP contribution in [0, 0.1) is 6.92 Å². The summed E-state index contributed by atoms with van der Waals surface area (Å²) in [5.41, 5.74) is 1.47. The van der Waals surface area contributed by atoms with E-state index in [2.05, 4.69) is 16.0 Å². The fourth-order valence-electron chi connectivity index (χ4n) is 2.30. The topological polar surface area (TPSA) is 97.2 Å². The number of urea groups is 1. The van der Waals surface area contributed by atoms with Gasteiger partial charge in [-0.15, -0.1) is 0 Å². The number of aromatic nitrogens is 2. The second-order valence-corrected chi connectivity index (χ2v) is 5.37. The zero-order chi connectivity index (χ0) is 17.9. The summed E-state index contributed by atoms with van der Waals surface area (Å²) in [5, 5.41) is 7.37. The van der Waals surface area contributed by atoms with Crippen LogP contribution in [0.2, 0.25) is 0 Å². The normalized spacial score (nSPS) is 11.7. The third-order valence-electron chi connectivity index (χ3n) is 3.77. The molecule has 1 unspecified atom stereocenters. The molecule has 1 aromatic carbocycles. The lowest BCUT2D eigenvalue weighted by atomic mass is 10.2. The minimum Gasteiger partial charge on any atom is -0.368 e. The van der Waals surface area contributed by atoms with Gasteiger partial charge in [-0.3, -0.25) is 19.6 Å². The Morgan fingerprint density at radius 1 is 1.17 bits per heavy atom. The maximum Gasteiger partial charge on any atom is 0.321 e. The number of hydrogen-bond donors (Lipinski definition) is 3. The number of rotatable bonds is 4. The molecule has 1 aromatic heterocycles. The van der Waals surface area contributed by atoms with E-state index in [1.165, 1.54) is 11.7 Å². The summed E-state index contributed by atoms with van der Waals surface area (Å²) in [5.74, 6) is -0.525. The molecule has 1 heterocycles. The molecular formula is C16H21N5O3. The van der Waals surface area contributed by atoms with Gasteiger partial charge in [0.05, 0.1) is 11.4 Å². The molecule has 0 aliphatic carbocycles. The molecule has 0 saturated carbocycles. The molecule has 24 heavy (non-hydrogen) atoms. The van der Waals surface area contributed by atoms with Crippen LogP contribution in [-0.4, -0.2) is 34.4 Å². The number of imide groups is 1. The van der Waals surface area contributed by atoms with Crippen molar-refractivity contribution in [1.82, 2.24) is 20.0 Å². The average Bonchev–Trinajstić information content (AvgIpc) is 2.78. The van der Waals surface area contributed by atoms with Crippen LogP contribution in [0.4, 0.5) is 10.5 Å². The molecule has 0 bridgehead atoms. The maximum absolute atomic E-state index is 12.7. The number of carbonyl (C=O) groups is 2. The fraction of sp³-hybridized carbons (Fsp3) is 0.312. The van der Waals surface area contributed by atoms with Gasteiger partial charge in [0, 0.05) is 14.1 Å². The first-order valence-corrected chi connectivity index (χ1v) is 7.50. The van der Waals surface area contributed by atoms with E-state index in [1.807, 2.05) is 30.3 Å². The van der Waals surface area contributed by atoms with Gasteiger partial charge in [-0.25, -0.2) is 9.48 Å². The number of nitrogens with one attached hydrogen (secondary N) is 3. The van der Waals surface area contributed by atoms with Gasteiger partial charge in [0.15, 0.2) is 0 Å². The molecule has 0 aliphatic heterocycles. The number of para-hydroxylation sites is 1. The second kappa shape index (κ2) is 7.03. The Balaban J connectivity index is 2.31. The van der Waals surface area contributed by atoms with E-state index in [9.17, 15) is 14.4 Å². The molecule has 8 nitrogen and oxygen atoms in total. The lowest BCUT2D eigenvalue weighted by Gasteiger charge is -2.13. The van der Waals surface area contributed by atoms with Crippen molar-refractivity contribution in [2.45, 2.75) is 19.9 Å². The third-order valence-corrected chi connectivity index (χ3v) is 3.77. The predicted molar refractivity (Wildman–Crippen MR) is 91.4 cm³/mol. The number of benzene rings is 1. The molecule has 3 N–H and O–H groups in total. The summed E-state index contributed by atoms with van der Waals surface area (Å²) in [6, 6.07) is 7.86. The van der Waals surface area contributed by atoms with Crippen molar-refractivity contribution in [2.24, 2.45) is 7.05 Å². The Morgan fingerprint density at radius 2 is 1.79 bits per heavy atom. The third kappa shape index (κ3) is 3.32. The minimum absolute atomic E-state index is 0.263. The first-order valence-electron chi connectivity index (χ1n) is 7.50. The van der Waals surface area contributed by atoms with Crippen LogP contribution in [0.3, 0.4) is 0 Å². The molecular weight excluding hydrogens is 310 g/mol. The molecule has 0 fully saturated rings. The number of amides is 3. The number of hydrogen-bond acceptors (Lipinski definition) is 4. The van der Waals surface area contributed by atoms with Gasteiger partial charge in [0.2, 0.25) is 5.91 Å². The van der Waals surface area contributed by atoms with Crippen LogP contribution in [0.1, 0.15) is 12.6 Å². The summed E-state index contributed by atoms with van der Waals surface area (Å²) in [7, 11) is 3.19. The van der Waals surface area contributed by atoms with Crippen molar-refractivity contribution in [3.05, 3.63) is 46.4 Å². The largest absolute Gasteiger partial charge is 0.368 e. The monoisotopic (exact) mass is 331 g/mol. The van der Waals surface area contributed by atoms with Gasteiger partial charge >= 0.3 is 6.03 Å². The van der Waals surface area contributed by atoms with E-state index in [-0.39, 0.29) is 5.56 Å². The summed E-state index contributed by atoms with van der Waals surface area (Å²) < 4.78 is 3.23. The second-order valence-electron chi connectivity index (χ2n) is 5.37. The van der Waals surface area contributed by atoms with Crippen molar-refractivity contribution in [2.75, 3.05) is 12.4 Å². The standard InChI is InChI=1S/C16H21N5O3/c1-10(14(22)19-16(24)17-3)18-13-11(2)20(4)21(15(13)23)12-8-6-5-7-9-12/h5-10,18H,1-4H3,(H2,17,19,22,24). The Bertz CT molecular complexity index is 807. The molecule has 128 valence electrons. The lowest BCUT2D eigenvalue weighted by Crippen LogP contribution is -2.45. The van der Waals surface area contributed by atoms with Crippen LogP contribution in [-0.2, 0) is 11.8 Å². The number of anilines is 1. The van der Waals surface area contributed by atoms with Crippen molar-refractivity contribution >= 4 is 17.6 Å². The number of carbonyl (C=O) groups excluding carboxylic acids is 2. The molecule has 8 heteroatoms. The van der Waals surface area contributed by atoms with Gasteiger partial charge in [-0.1, -0.05) is 18.2 Å². The quantitative estimate of drug-likeness (QED) is 0.770. The van der Waals surface area contributed by atoms with Gasteiger partial charge < -0.3 is 10.6 Å². The molecule has 0 spiro atoms. The summed E-state index contributed by atoms with van der Waals surface area (Å²) >= 11 is 0. The number of nitrogens with zero attached hydrogens (tertiary/aromatic N) is 2. The highest BCUT2D eigenvalue weighted by molar-refractivity contribution is 5.97. The van der Waals surface area contributed by atoms with E-state index < -0.39 is 18.0 Å². The van der Waals surface area contributed by atoms with Crippen molar-refractivity contribution < 1.29 is 9.59 Å². The Hall–Kier alpha value is -3.03. The first-order chi connectivity index (χ1) is 11.4. The van der Waals surface area contributed by atoms with E-state index in [0.29, 0.717) is 11.4 Å². The smallest absolute Gasteiger partial charge is 0.321 e. The molecule has 1 atom stereocenters. The Morgan fingerprint density at radius 3 is 2.38 bits per heavy atom. The zero-order valence-electron chi connectivity index (χ0n) is 14.1. The molecule has 0 radical (unpaired) electrons. The molecule has 2 aromatic rings. The van der Waals surface area contributed by atoms with E-state index in [0.717, 1.165) is 5.69 Å². The fourth-order valence-corrected chi connectivity index (χ4v) is 2.30. The molecule has 0 saturated heterocycles. The van der Waals surface area contributed by atoms with Crippen molar-refractivity contribution in [3.63, 3.8) is 0 Å². The van der Waals surface area contributed by atoms with E-state index >= 15 is 0 Å². The lowest BCUT2D eigenvalue weighted by molar-refractivity contribution is -0.120. The van der Waals surface area contributed by atoms with Crippen LogP contribution in [0.15, 0.2) is 35.1 Å². The Labute approximate surface area is 139 Å². The van der Waals surface area contributed by atoms with Crippen LogP contribution in [0.5, 0.6) is 0 Å². The van der Waals surface area contributed by atoms with Gasteiger partial charge in [0.1, 0.15) is 11.7 Å². The van der Waals surface area contributed by atoms with E-state index in [1.54, 1.807) is 25.6 Å². The van der Waals surface area contributed by atoms with Gasteiger partial charge in [-0.05, 0) is 26.0 Å². The summed E-state index contributed by atoms with van der Waals surface area (Å²) in [6.07, 6.45) is 0. The highest BCUT2D eigenvalue weighted by Gasteiger charge is 2.21. The van der Waals surface area contributed by atoms with Crippen LogP contribution in [0.25, 0.3) is 5.69 Å². The molecule has 0 aliphatic rings. The molecule has 2 rings (SSSR count). The summed E-state index contributed by atoms with van der Waals surface area (Å²) in [4.78, 5) is 35.9. The minimum atomic E-state index is -0.750. The highest BCUT2D eigenvalue weighted by Crippen LogP contribution is 2.14. The SMILES string of the molecule is CNC(=O)NC(=O)C(C)Nc1c(C)n(C)n(-c2ccccc2)c1=O. The van der Waals surface area contributed by atoms with Crippen LogP contribution >= 0.6 is 0 Å². The van der Waals surface area contributed by atoms with Crippen LogP contribution < -0.4 is 21.5 Å². The highest BCUT2D eigenvalue weighted by atomic mass is 16.2. The molecule has 3 amide bonds. The van der Waals surface area contributed by atoms with Crippen molar-refractivity contribution in [1.29, 1.82) is 0 Å². The van der Waals surface area contributed by atoms with Crippen molar-refractivity contribution in [3.8, 4) is 5.69 Å². The maximum atomic E-state index is 12.7. The Kier molecular flexibility index (Phi) is 5.08.